The summed E-state index contributed by atoms with van der Waals surface area (Å²) in [5.74, 6) is -0.519. The van der Waals surface area contributed by atoms with Gasteiger partial charge in [0.1, 0.15) is 0 Å². The van der Waals surface area contributed by atoms with Crippen molar-refractivity contribution in [1.82, 2.24) is 15.1 Å². The van der Waals surface area contributed by atoms with Crippen molar-refractivity contribution in [3.05, 3.63) is 94.5 Å². The van der Waals surface area contributed by atoms with E-state index in [1.165, 1.54) is 0 Å². The van der Waals surface area contributed by atoms with Crippen LogP contribution in [0.15, 0.2) is 66.7 Å². The third kappa shape index (κ3) is 7.00. The average molecular weight is 576 g/mol. The minimum Gasteiger partial charge on any atom is -0.368 e. The van der Waals surface area contributed by atoms with E-state index in [0.717, 1.165) is 25.2 Å². The number of carbonyl (C=O) groups excluding carboxylic acids is 3. The molecule has 0 saturated carbocycles. The summed E-state index contributed by atoms with van der Waals surface area (Å²) in [4.78, 5) is 45.7. The zero-order valence-corrected chi connectivity index (χ0v) is 23.9. The van der Waals surface area contributed by atoms with E-state index in [9.17, 15) is 14.4 Å². The topological polar surface area (TPSA) is 133 Å². The number of rotatable bonds is 5. The SMILES string of the molecule is N#Cc1ccc(C(=O)Nc2cc(C(=O)N3CCCNCC3)ccc2N2CCCN(C(=O)c3ccc(C#N)cc3)CC2)cc1. The Morgan fingerprint density at radius 3 is 1.95 bits per heavy atom. The molecular weight excluding hydrogens is 542 g/mol. The molecule has 2 aliphatic heterocycles. The highest BCUT2D eigenvalue weighted by Crippen LogP contribution is 2.30. The molecule has 2 heterocycles. The van der Waals surface area contributed by atoms with Gasteiger partial charge in [-0.15, -0.1) is 0 Å². The van der Waals surface area contributed by atoms with Gasteiger partial charge in [0, 0.05) is 62.5 Å². The molecule has 43 heavy (non-hydrogen) atoms. The number of amides is 3. The van der Waals surface area contributed by atoms with Crippen molar-refractivity contribution < 1.29 is 14.4 Å². The van der Waals surface area contributed by atoms with Crippen molar-refractivity contribution in [2.45, 2.75) is 12.8 Å². The fraction of sp³-hybridized carbons (Fsp3) is 0.303. The minimum absolute atomic E-state index is 0.0841. The molecule has 218 valence electrons. The van der Waals surface area contributed by atoms with Gasteiger partial charge >= 0.3 is 0 Å². The summed E-state index contributed by atoms with van der Waals surface area (Å²) in [7, 11) is 0. The van der Waals surface area contributed by atoms with Crippen molar-refractivity contribution >= 4 is 29.1 Å². The lowest BCUT2D eigenvalue weighted by Crippen LogP contribution is -2.35. The number of hydrogen-bond acceptors (Lipinski definition) is 7. The van der Waals surface area contributed by atoms with E-state index in [2.05, 4.69) is 27.7 Å². The van der Waals surface area contributed by atoms with Crippen LogP contribution in [0.25, 0.3) is 0 Å². The number of anilines is 2. The molecule has 2 aliphatic rings. The quantitative estimate of drug-likeness (QED) is 0.476. The van der Waals surface area contributed by atoms with Crippen molar-refractivity contribution in [3.8, 4) is 12.1 Å². The molecule has 0 aromatic heterocycles. The molecular formula is C33H33N7O3. The molecule has 0 aliphatic carbocycles. The highest BCUT2D eigenvalue weighted by Gasteiger charge is 2.24. The predicted molar refractivity (Wildman–Crippen MR) is 163 cm³/mol. The van der Waals surface area contributed by atoms with E-state index in [1.54, 1.807) is 60.7 Å². The summed E-state index contributed by atoms with van der Waals surface area (Å²) >= 11 is 0. The maximum Gasteiger partial charge on any atom is 0.255 e. The zero-order chi connectivity index (χ0) is 30.2. The minimum atomic E-state index is -0.346. The van der Waals surface area contributed by atoms with Crippen LogP contribution in [0.4, 0.5) is 11.4 Å². The number of nitriles is 2. The number of benzene rings is 3. The molecule has 2 N–H and O–H groups in total. The monoisotopic (exact) mass is 575 g/mol. The summed E-state index contributed by atoms with van der Waals surface area (Å²) in [5, 5.41) is 24.5. The summed E-state index contributed by atoms with van der Waals surface area (Å²) in [6, 6.07) is 22.6. The molecule has 3 amide bonds. The third-order valence-corrected chi connectivity index (χ3v) is 7.78. The Morgan fingerprint density at radius 2 is 1.26 bits per heavy atom. The van der Waals surface area contributed by atoms with Crippen molar-refractivity contribution in [2.75, 3.05) is 62.6 Å². The van der Waals surface area contributed by atoms with E-state index in [-0.39, 0.29) is 17.7 Å². The van der Waals surface area contributed by atoms with Crippen LogP contribution in [0.3, 0.4) is 0 Å². The summed E-state index contributed by atoms with van der Waals surface area (Å²) in [5.41, 5.74) is 3.67. The van der Waals surface area contributed by atoms with Crippen LogP contribution in [0, 0.1) is 22.7 Å². The molecule has 2 saturated heterocycles. The Morgan fingerprint density at radius 1 is 0.651 bits per heavy atom. The lowest BCUT2D eigenvalue weighted by atomic mass is 10.1. The first-order valence-electron chi connectivity index (χ1n) is 14.5. The molecule has 2 fully saturated rings. The second-order valence-corrected chi connectivity index (χ2v) is 10.6. The second-order valence-electron chi connectivity index (χ2n) is 10.6. The smallest absolute Gasteiger partial charge is 0.255 e. The summed E-state index contributed by atoms with van der Waals surface area (Å²) < 4.78 is 0. The van der Waals surface area contributed by atoms with Gasteiger partial charge in [-0.05, 0) is 86.1 Å². The van der Waals surface area contributed by atoms with Gasteiger partial charge in [-0.2, -0.15) is 10.5 Å². The molecule has 3 aromatic rings. The first-order chi connectivity index (χ1) is 21.0. The largest absolute Gasteiger partial charge is 0.368 e. The average Bonchev–Trinajstić information content (AvgIpc) is 3.48. The molecule has 0 spiro atoms. The van der Waals surface area contributed by atoms with Gasteiger partial charge in [0.25, 0.3) is 17.7 Å². The molecule has 0 atom stereocenters. The highest BCUT2D eigenvalue weighted by atomic mass is 16.2. The number of nitrogens with one attached hydrogen (secondary N) is 2. The maximum atomic E-state index is 13.4. The standard InChI is InChI=1S/C33H33N7O3/c34-22-24-3-7-26(8-4-24)31(41)37-29-21-28(33(43)39-15-1-13-36-14-18-39)11-12-30(29)38-16-2-17-40(20-19-38)32(42)27-9-5-25(23-35)6-10-27/h3-12,21,36H,1-2,13-20H2,(H,37,41). The normalized spacial score (nSPS) is 15.4. The fourth-order valence-electron chi connectivity index (χ4n) is 5.40. The van der Waals surface area contributed by atoms with Gasteiger partial charge in [0.15, 0.2) is 0 Å². The first-order valence-corrected chi connectivity index (χ1v) is 14.5. The van der Waals surface area contributed by atoms with Gasteiger partial charge in [0.2, 0.25) is 0 Å². The first kappa shape index (κ1) is 29.3. The molecule has 0 bridgehead atoms. The van der Waals surface area contributed by atoms with Crippen LogP contribution in [0.5, 0.6) is 0 Å². The number of carbonyl (C=O) groups is 3. The van der Waals surface area contributed by atoms with Gasteiger partial charge in [-0.1, -0.05) is 0 Å². The van der Waals surface area contributed by atoms with Crippen LogP contribution < -0.4 is 15.5 Å². The van der Waals surface area contributed by atoms with E-state index >= 15 is 0 Å². The Balaban J connectivity index is 1.38. The molecule has 10 nitrogen and oxygen atoms in total. The number of nitrogens with zero attached hydrogens (tertiary/aromatic N) is 5. The highest BCUT2D eigenvalue weighted by molar-refractivity contribution is 6.07. The van der Waals surface area contributed by atoms with Crippen LogP contribution in [0.2, 0.25) is 0 Å². The molecule has 0 radical (unpaired) electrons. The van der Waals surface area contributed by atoms with Crippen LogP contribution in [-0.2, 0) is 0 Å². The third-order valence-electron chi connectivity index (χ3n) is 7.78. The van der Waals surface area contributed by atoms with E-state index in [1.807, 2.05) is 15.9 Å². The molecule has 3 aromatic carbocycles. The van der Waals surface area contributed by atoms with Gasteiger partial charge < -0.3 is 25.3 Å². The number of hydrogen-bond donors (Lipinski definition) is 2. The van der Waals surface area contributed by atoms with E-state index < -0.39 is 0 Å². The fourth-order valence-corrected chi connectivity index (χ4v) is 5.40. The van der Waals surface area contributed by atoms with Crippen molar-refractivity contribution in [2.24, 2.45) is 0 Å². The molecule has 5 rings (SSSR count). The van der Waals surface area contributed by atoms with E-state index in [0.29, 0.717) is 79.2 Å². The predicted octanol–water partition coefficient (Wildman–Crippen LogP) is 3.47. The van der Waals surface area contributed by atoms with Gasteiger partial charge in [0.05, 0.1) is 34.6 Å². The Hall–Kier alpha value is -5.19. The molecule has 0 unspecified atom stereocenters. The summed E-state index contributed by atoms with van der Waals surface area (Å²) in [6.07, 6.45) is 1.59. The molecule has 10 heteroatoms. The van der Waals surface area contributed by atoms with Gasteiger partial charge in [-0.3, -0.25) is 14.4 Å². The van der Waals surface area contributed by atoms with E-state index in [4.69, 9.17) is 10.5 Å². The van der Waals surface area contributed by atoms with Crippen molar-refractivity contribution in [3.63, 3.8) is 0 Å². The Bertz CT molecular complexity index is 1560. The Labute approximate surface area is 251 Å². The van der Waals surface area contributed by atoms with Crippen molar-refractivity contribution in [1.29, 1.82) is 10.5 Å². The van der Waals surface area contributed by atoms with Crippen LogP contribution in [0.1, 0.15) is 55.0 Å². The Kier molecular flexibility index (Phi) is 9.30. The van der Waals surface area contributed by atoms with Crippen LogP contribution >= 0.6 is 0 Å². The second kappa shape index (κ2) is 13.6. The zero-order valence-electron chi connectivity index (χ0n) is 23.9. The maximum absolute atomic E-state index is 13.4. The lowest BCUT2D eigenvalue weighted by Gasteiger charge is -2.27. The lowest BCUT2D eigenvalue weighted by molar-refractivity contribution is 0.0759. The van der Waals surface area contributed by atoms with Gasteiger partial charge in [-0.25, -0.2) is 0 Å². The summed E-state index contributed by atoms with van der Waals surface area (Å²) in [6.45, 7) is 5.12. The van der Waals surface area contributed by atoms with Crippen LogP contribution in [-0.4, -0.2) is 79.9 Å².